The minimum absolute atomic E-state index is 0.0363. The van der Waals surface area contributed by atoms with Gasteiger partial charge in [-0.3, -0.25) is 0 Å². The first-order valence-corrected chi connectivity index (χ1v) is 11.9. The van der Waals surface area contributed by atoms with Gasteiger partial charge < -0.3 is 4.90 Å². The molecule has 2 nitrogen and oxygen atoms in total. The highest BCUT2D eigenvalue weighted by atomic mass is 15.2. The smallest absolute Gasteiger partial charge is 0.209 e. The monoisotopic (exact) mass is 399 g/mol. The first kappa shape index (κ1) is 19.6. The van der Waals surface area contributed by atoms with Gasteiger partial charge in [0, 0.05) is 48.3 Å². The number of fused-ring (bicyclic) bond motifs is 4. The molecule has 1 saturated carbocycles. The Bertz CT molecular complexity index is 1030. The average Bonchev–Trinajstić information content (AvgIpc) is 3.38. The molecule has 2 atom stereocenters. The van der Waals surface area contributed by atoms with Crippen LogP contribution < -0.4 is 4.90 Å². The molecule has 2 heteroatoms. The van der Waals surface area contributed by atoms with Crippen LogP contribution in [-0.4, -0.2) is 29.4 Å². The Morgan fingerprint density at radius 1 is 1.07 bits per heavy atom. The lowest BCUT2D eigenvalue weighted by Crippen LogP contribution is -2.30. The standard InChI is InChI=1S/C28H35N2/c1-5-18-30-26-12-8-7-11-23(26)28(3,4)27(30)17-15-20-14-16-25-22(19-20)21-10-9-13-24(21)29(25)6-2/h7-8,11-12,14-17,19,21,24H,5-6,9-10,13,18H2,1-4H3/q+1. The Kier molecular flexibility index (Phi) is 4.84. The molecule has 2 unspecified atom stereocenters. The largest absolute Gasteiger partial charge is 0.368 e. The first-order valence-electron chi connectivity index (χ1n) is 11.9. The fourth-order valence-corrected chi connectivity index (χ4v) is 6.28. The summed E-state index contributed by atoms with van der Waals surface area (Å²) in [4.78, 5) is 2.65. The van der Waals surface area contributed by atoms with E-state index in [1.165, 1.54) is 47.5 Å². The van der Waals surface area contributed by atoms with Gasteiger partial charge in [0.1, 0.15) is 6.54 Å². The van der Waals surface area contributed by atoms with Gasteiger partial charge in [-0.2, -0.15) is 4.58 Å². The van der Waals surface area contributed by atoms with Crippen molar-refractivity contribution in [3.05, 3.63) is 65.2 Å². The van der Waals surface area contributed by atoms with Crippen LogP contribution in [0.25, 0.3) is 6.08 Å². The van der Waals surface area contributed by atoms with E-state index in [9.17, 15) is 0 Å². The minimum Gasteiger partial charge on any atom is -0.368 e. The van der Waals surface area contributed by atoms with E-state index in [1.54, 1.807) is 5.56 Å². The van der Waals surface area contributed by atoms with Crippen LogP contribution in [0.1, 0.15) is 76.0 Å². The van der Waals surface area contributed by atoms with Gasteiger partial charge in [0.25, 0.3) is 0 Å². The van der Waals surface area contributed by atoms with Crippen LogP contribution in [-0.2, 0) is 5.41 Å². The van der Waals surface area contributed by atoms with E-state index in [0.717, 1.165) is 31.5 Å². The van der Waals surface area contributed by atoms with Gasteiger partial charge in [-0.15, -0.1) is 0 Å². The summed E-state index contributed by atoms with van der Waals surface area (Å²) < 4.78 is 2.53. The average molecular weight is 400 g/mol. The molecular weight excluding hydrogens is 364 g/mol. The van der Waals surface area contributed by atoms with E-state index in [-0.39, 0.29) is 5.41 Å². The maximum atomic E-state index is 2.65. The highest BCUT2D eigenvalue weighted by Crippen LogP contribution is 2.49. The number of rotatable bonds is 5. The topological polar surface area (TPSA) is 6.25 Å². The highest BCUT2D eigenvalue weighted by Gasteiger charge is 2.44. The summed E-state index contributed by atoms with van der Waals surface area (Å²) in [5, 5.41) is 0. The summed E-state index contributed by atoms with van der Waals surface area (Å²) in [5.41, 5.74) is 8.69. The normalized spacial score (nSPS) is 23.9. The molecule has 0 N–H and O–H groups in total. The lowest BCUT2D eigenvalue weighted by molar-refractivity contribution is -0.437. The van der Waals surface area contributed by atoms with Crippen molar-refractivity contribution in [3.8, 4) is 0 Å². The van der Waals surface area contributed by atoms with Crippen LogP contribution >= 0.6 is 0 Å². The minimum atomic E-state index is 0.0363. The van der Waals surface area contributed by atoms with Crippen molar-refractivity contribution in [1.29, 1.82) is 0 Å². The van der Waals surface area contributed by atoms with Crippen LogP contribution in [0.15, 0.2) is 48.5 Å². The Morgan fingerprint density at radius 3 is 2.70 bits per heavy atom. The summed E-state index contributed by atoms with van der Waals surface area (Å²) in [6.45, 7) is 11.5. The van der Waals surface area contributed by atoms with Crippen LogP contribution in [0.2, 0.25) is 0 Å². The highest BCUT2D eigenvalue weighted by molar-refractivity contribution is 6.05. The predicted octanol–water partition coefficient (Wildman–Crippen LogP) is 6.66. The third-order valence-electron chi connectivity index (χ3n) is 7.66. The van der Waals surface area contributed by atoms with Gasteiger partial charge >= 0.3 is 0 Å². The van der Waals surface area contributed by atoms with Crippen LogP contribution in [0.3, 0.4) is 0 Å². The van der Waals surface area contributed by atoms with E-state index >= 15 is 0 Å². The van der Waals surface area contributed by atoms with E-state index < -0.39 is 0 Å². The van der Waals surface area contributed by atoms with Crippen LogP contribution in [0.5, 0.6) is 0 Å². The third kappa shape index (κ3) is 2.87. The van der Waals surface area contributed by atoms with Gasteiger partial charge in [-0.1, -0.05) is 37.6 Å². The molecule has 0 amide bonds. The molecule has 0 aromatic heterocycles. The summed E-state index contributed by atoms with van der Waals surface area (Å²) in [6, 6.07) is 16.8. The quantitative estimate of drug-likeness (QED) is 0.509. The number of anilines is 1. The molecule has 2 aromatic carbocycles. The molecule has 1 fully saturated rings. The van der Waals surface area contributed by atoms with Crippen molar-refractivity contribution in [1.82, 2.24) is 0 Å². The first-order chi connectivity index (χ1) is 14.6. The maximum absolute atomic E-state index is 2.65. The second kappa shape index (κ2) is 7.41. The predicted molar refractivity (Wildman–Crippen MR) is 128 cm³/mol. The lowest BCUT2D eigenvalue weighted by atomic mass is 9.81. The number of likely N-dealkylation sites (N-methyl/N-ethyl adjacent to an activating group) is 1. The Morgan fingerprint density at radius 2 is 1.90 bits per heavy atom. The number of hydrogen-bond acceptors (Lipinski definition) is 1. The van der Waals surface area contributed by atoms with Crippen LogP contribution in [0, 0.1) is 0 Å². The van der Waals surface area contributed by atoms with Crippen molar-refractivity contribution in [2.24, 2.45) is 0 Å². The zero-order valence-electron chi connectivity index (χ0n) is 19.0. The molecule has 156 valence electrons. The molecule has 0 saturated heterocycles. The fourth-order valence-electron chi connectivity index (χ4n) is 6.28. The second-order valence-electron chi connectivity index (χ2n) is 9.72. The molecule has 0 radical (unpaired) electrons. The Labute approximate surface area is 181 Å². The molecule has 0 spiro atoms. The molecule has 2 aromatic rings. The lowest BCUT2D eigenvalue weighted by Gasteiger charge is -2.25. The second-order valence-corrected chi connectivity index (χ2v) is 9.72. The van der Waals surface area contributed by atoms with Crippen molar-refractivity contribution in [2.45, 2.75) is 70.8 Å². The number of hydrogen-bond donors (Lipinski definition) is 0. The summed E-state index contributed by atoms with van der Waals surface area (Å²) in [7, 11) is 0. The zero-order chi connectivity index (χ0) is 20.9. The van der Waals surface area contributed by atoms with E-state index in [4.69, 9.17) is 0 Å². The molecule has 2 heterocycles. The molecule has 30 heavy (non-hydrogen) atoms. The maximum Gasteiger partial charge on any atom is 0.209 e. The van der Waals surface area contributed by atoms with Crippen molar-refractivity contribution in [3.63, 3.8) is 0 Å². The van der Waals surface area contributed by atoms with Gasteiger partial charge in [0.2, 0.25) is 5.69 Å². The van der Waals surface area contributed by atoms with E-state index in [0.29, 0.717) is 0 Å². The van der Waals surface area contributed by atoms with E-state index in [2.05, 4.69) is 91.8 Å². The zero-order valence-corrected chi connectivity index (χ0v) is 19.0. The number of allylic oxidation sites excluding steroid dienone is 1. The van der Waals surface area contributed by atoms with Gasteiger partial charge in [-0.05, 0) is 62.9 Å². The van der Waals surface area contributed by atoms with Crippen molar-refractivity contribution >= 4 is 23.2 Å². The third-order valence-corrected chi connectivity index (χ3v) is 7.66. The fraction of sp³-hybridized carbons (Fsp3) is 0.464. The van der Waals surface area contributed by atoms with Crippen molar-refractivity contribution < 1.29 is 4.58 Å². The summed E-state index contributed by atoms with van der Waals surface area (Å²) >= 11 is 0. The molecule has 5 rings (SSSR count). The molecule has 2 aliphatic heterocycles. The van der Waals surface area contributed by atoms with E-state index in [1.807, 2.05) is 0 Å². The number of para-hydroxylation sites is 1. The van der Waals surface area contributed by atoms with Gasteiger partial charge in [-0.25, -0.2) is 0 Å². The molecule has 3 aliphatic rings. The number of nitrogens with zero attached hydrogens (tertiary/aromatic N) is 2. The summed E-state index contributed by atoms with van der Waals surface area (Å²) in [5.74, 6) is 0.740. The molecular formula is C28H35N2+. The van der Waals surface area contributed by atoms with Crippen molar-refractivity contribution in [2.75, 3.05) is 18.0 Å². The number of benzene rings is 2. The summed E-state index contributed by atoms with van der Waals surface area (Å²) in [6.07, 6.45) is 9.97. The Hall–Kier alpha value is -2.35. The van der Waals surface area contributed by atoms with Gasteiger partial charge in [0.15, 0.2) is 5.71 Å². The SMILES string of the molecule is CCC[N+]1=C(/C=C/c2ccc3c(c2)C2CCCC2N3CC)C(C)(C)c2ccccc21. The Balaban J connectivity index is 1.51. The molecule has 0 bridgehead atoms. The van der Waals surface area contributed by atoms with Crippen LogP contribution in [0.4, 0.5) is 11.4 Å². The molecule has 1 aliphatic carbocycles. The van der Waals surface area contributed by atoms with Gasteiger partial charge in [0.05, 0.1) is 5.41 Å².